The van der Waals surface area contributed by atoms with E-state index in [-0.39, 0.29) is 23.1 Å². The van der Waals surface area contributed by atoms with Crippen LogP contribution in [0.4, 0.5) is 30.8 Å². The van der Waals surface area contributed by atoms with Gasteiger partial charge in [0.15, 0.2) is 11.6 Å². The van der Waals surface area contributed by atoms with Crippen LogP contribution in [0.15, 0.2) is 85.2 Å². The minimum atomic E-state index is -1.30. The number of carbonyl (C=O) groups is 3. The van der Waals surface area contributed by atoms with Crippen molar-refractivity contribution in [2.75, 3.05) is 16.0 Å². The molecule has 12 heteroatoms. The zero-order chi connectivity index (χ0) is 28.1. The normalized spacial score (nSPS) is 13.1. The van der Waals surface area contributed by atoms with E-state index in [0.717, 1.165) is 12.4 Å². The number of benzene rings is 3. The fourth-order valence-corrected chi connectivity index (χ4v) is 3.68. The molecular weight excluding hydrogens is 524 g/mol. The van der Waals surface area contributed by atoms with Crippen molar-refractivity contribution in [3.8, 4) is 17.4 Å². The van der Waals surface area contributed by atoms with E-state index in [9.17, 15) is 23.2 Å². The number of aromatic nitrogens is 2. The molecule has 0 spiro atoms. The average Bonchev–Trinajstić information content (AvgIpc) is 3.75. The molecule has 4 aromatic rings. The summed E-state index contributed by atoms with van der Waals surface area (Å²) >= 11 is 0. The number of nitrogens with one attached hydrogen (secondary N) is 3. The maximum Gasteiger partial charge on any atom is 0.418 e. The molecule has 202 valence electrons. The molecule has 0 saturated heterocycles. The van der Waals surface area contributed by atoms with E-state index in [0.29, 0.717) is 24.3 Å². The molecule has 5 rings (SSSR count). The summed E-state index contributed by atoms with van der Waals surface area (Å²) in [4.78, 5) is 45.5. The molecule has 10 nitrogen and oxygen atoms in total. The summed E-state index contributed by atoms with van der Waals surface area (Å²) in [6, 6.07) is 18.6. The molecule has 1 saturated carbocycles. The van der Waals surface area contributed by atoms with Gasteiger partial charge in [0, 0.05) is 23.5 Å². The fourth-order valence-electron chi connectivity index (χ4n) is 3.68. The first kappa shape index (κ1) is 26.2. The highest BCUT2D eigenvalue weighted by molar-refractivity contribution is 6.16. The first-order valence-electron chi connectivity index (χ1n) is 12.0. The van der Waals surface area contributed by atoms with Gasteiger partial charge in [0.2, 0.25) is 17.7 Å². The van der Waals surface area contributed by atoms with Gasteiger partial charge in [0.25, 0.3) is 0 Å². The van der Waals surface area contributed by atoms with E-state index in [1.165, 1.54) is 42.5 Å². The maximum atomic E-state index is 14.8. The van der Waals surface area contributed by atoms with E-state index in [1.54, 1.807) is 30.3 Å². The van der Waals surface area contributed by atoms with Crippen molar-refractivity contribution in [3.63, 3.8) is 0 Å². The highest BCUT2D eigenvalue weighted by Gasteiger charge is 2.56. The Morgan fingerprint density at radius 3 is 2.12 bits per heavy atom. The van der Waals surface area contributed by atoms with E-state index in [4.69, 9.17) is 9.47 Å². The van der Waals surface area contributed by atoms with E-state index in [1.807, 2.05) is 0 Å². The zero-order valence-corrected chi connectivity index (χ0v) is 20.7. The van der Waals surface area contributed by atoms with Gasteiger partial charge in [0.05, 0.1) is 0 Å². The third kappa shape index (κ3) is 6.18. The van der Waals surface area contributed by atoms with Crippen LogP contribution in [0.2, 0.25) is 0 Å². The molecule has 0 atom stereocenters. The minimum Gasteiger partial charge on any atom is -0.436 e. The Hall–Kier alpha value is -5.39. The second-order valence-corrected chi connectivity index (χ2v) is 8.81. The predicted octanol–water partition coefficient (Wildman–Crippen LogP) is 5.52. The molecule has 1 aromatic heterocycles. The number of halogens is 2. The number of ether oxygens (including phenoxy) is 2. The molecule has 1 heterocycles. The molecule has 0 radical (unpaired) electrons. The van der Waals surface area contributed by atoms with Gasteiger partial charge < -0.3 is 20.1 Å². The van der Waals surface area contributed by atoms with E-state index < -0.39 is 35.0 Å². The van der Waals surface area contributed by atoms with Crippen LogP contribution in [0.1, 0.15) is 12.8 Å². The monoisotopic (exact) mass is 545 g/mol. The van der Waals surface area contributed by atoms with Crippen molar-refractivity contribution in [3.05, 3.63) is 96.8 Å². The van der Waals surface area contributed by atoms with E-state index >= 15 is 0 Å². The topological polar surface area (TPSA) is 132 Å². The van der Waals surface area contributed by atoms with Crippen LogP contribution >= 0.6 is 0 Å². The molecule has 0 unspecified atom stereocenters. The van der Waals surface area contributed by atoms with Crippen LogP contribution in [-0.4, -0.2) is 27.9 Å². The first-order valence-corrected chi connectivity index (χ1v) is 12.0. The van der Waals surface area contributed by atoms with Crippen molar-refractivity contribution in [2.45, 2.75) is 12.8 Å². The number of nitrogens with zero attached hydrogens (tertiary/aromatic N) is 2. The molecule has 40 heavy (non-hydrogen) atoms. The van der Waals surface area contributed by atoms with Crippen molar-refractivity contribution in [2.24, 2.45) is 5.41 Å². The third-order valence-electron chi connectivity index (χ3n) is 5.95. The van der Waals surface area contributed by atoms with Gasteiger partial charge in [-0.15, -0.1) is 0 Å². The third-order valence-corrected chi connectivity index (χ3v) is 5.95. The number of hydrogen-bond donors (Lipinski definition) is 3. The summed E-state index contributed by atoms with van der Waals surface area (Å²) in [7, 11) is 0. The number of rotatable bonds is 8. The molecule has 3 aromatic carbocycles. The van der Waals surface area contributed by atoms with Gasteiger partial charge in [-0.25, -0.2) is 23.5 Å². The lowest BCUT2D eigenvalue weighted by Crippen LogP contribution is -2.35. The van der Waals surface area contributed by atoms with Crippen LogP contribution in [-0.2, 0) is 9.59 Å². The lowest BCUT2D eigenvalue weighted by Gasteiger charge is -2.16. The number of para-hydroxylation sites is 1. The van der Waals surface area contributed by atoms with Gasteiger partial charge >= 0.3 is 6.09 Å². The quantitative estimate of drug-likeness (QED) is 0.249. The highest BCUT2D eigenvalue weighted by atomic mass is 19.1. The van der Waals surface area contributed by atoms with Crippen LogP contribution in [0.5, 0.6) is 17.4 Å². The minimum absolute atomic E-state index is 0.0591. The van der Waals surface area contributed by atoms with Crippen molar-refractivity contribution in [1.29, 1.82) is 0 Å². The lowest BCUT2D eigenvalue weighted by molar-refractivity contribution is -0.131. The smallest absolute Gasteiger partial charge is 0.418 e. The molecule has 3 N–H and O–H groups in total. The Morgan fingerprint density at radius 2 is 1.45 bits per heavy atom. The van der Waals surface area contributed by atoms with Gasteiger partial charge in [-0.05, 0) is 61.4 Å². The Bertz CT molecular complexity index is 1560. The largest absolute Gasteiger partial charge is 0.436 e. The second kappa shape index (κ2) is 11.2. The Kier molecular flexibility index (Phi) is 7.31. The number of carbonyl (C=O) groups excluding carboxylic acids is 3. The summed E-state index contributed by atoms with van der Waals surface area (Å²) in [6.45, 7) is 0. The van der Waals surface area contributed by atoms with Gasteiger partial charge in [-0.1, -0.05) is 18.2 Å². The fraction of sp³-hybridized carbons (Fsp3) is 0.107. The first-order chi connectivity index (χ1) is 19.3. The molecule has 1 aliphatic rings. The summed E-state index contributed by atoms with van der Waals surface area (Å²) in [5, 5.41) is 7.59. The Morgan fingerprint density at radius 1 is 0.775 bits per heavy atom. The standard InChI is InChI=1S/C28H21F2N5O5/c29-17-6-8-18(9-7-17)33-25(36)28(12-13-28)26(37)34-19-10-11-22(21(30)14-19)40-24-15-23(31-16-32-24)35-27(38)39-20-4-2-1-3-5-20/h1-11,14-16H,12-13H2,(H,33,36)(H,34,37)(H,31,32,35,38). The highest BCUT2D eigenvalue weighted by Crippen LogP contribution is 2.47. The molecular formula is C28H21F2N5O5. The Balaban J connectivity index is 1.19. The summed E-state index contributed by atoms with van der Waals surface area (Å²) in [5.41, 5.74) is -0.829. The zero-order valence-electron chi connectivity index (χ0n) is 20.7. The molecule has 0 bridgehead atoms. The molecule has 1 aliphatic carbocycles. The SMILES string of the molecule is O=C(Nc1cc(Oc2ccc(NC(=O)C3(C(=O)Nc4ccc(F)cc4)CC3)cc2F)ncn1)Oc1ccccc1. The summed E-state index contributed by atoms with van der Waals surface area (Å²) < 4.78 is 38.5. The van der Waals surface area contributed by atoms with Crippen molar-refractivity contribution < 1.29 is 32.6 Å². The molecule has 1 fully saturated rings. The van der Waals surface area contributed by atoms with Gasteiger partial charge in [-0.3, -0.25) is 14.9 Å². The van der Waals surface area contributed by atoms with Crippen molar-refractivity contribution >= 4 is 35.1 Å². The van der Waals surface area contributed by atoms with Crippen LogP contribution in [0.25, 0.3) is 0 Å². The summed E-state index contributed by atoms with van der Waals surface area (Å²) in [5.74, 6) is -2.25. The maximum absolute atomic E-state index is 14.8. The predicted molar refractivity (Wildman–Crippen MR) is 140 cm³/mol. The molecule has 3 amide bonds. The number of amides is 3. The Labute approximate surface area is 226 Å². The average molecular weight is 546 g/mol. The molecule has 0 aliphatic heterocycles. The lowest BCUT2D eigenvalue weighted by atomic mass is 10.0. The second-order valence-electron chi connectivity index (χ2n) is 8.81. The van der Waals surface area contributed by atoms with E-state index in [2.05, 4.69) is 25.9 Å². The van der Waals surface area contributed by atoms with Crippen LogP contribution < -0.4 is 25.4 Å². The van der Waals surface area contributed by atoms with Gasteiger partial charge in [0.1, 0.15) is 29.1 Å². The number of anilines is 3. The number of hydrogen-bond acceptors (Lipinski definition) is 7. The summed E-state index contributed by atoms with van der Waals surface area (Å²) in [6.07, 6.45) is 0.963. The van der Waals surface area contributed by atoms with Crippen molar-refractivity contribution in [1.82, 2.24) is 9.97 Å². The van der Waals surface area contributed by atoms with Crippen LogP contribution in [0.3, 0.4) is 0 Å². The van der Waals surface area contributed by atoms with Gasteiger partial charge in [-0.2, -0.15) is 0 Å². The van der Waals surface area contributed by atoms with Crippen LogP contribution in [0, 0.1) is 17.0 Å².